The maximum atomic E-state index is 5.09. The molecule has 0 bridgehead atoms. The quantitative estimate of drug-likeness (QED) is 0.329. The van der Waals surface area contributed by atoms with Crippen molar-refractivity contribution in [2.75, 3.05) is 14.2 Å². The first-order valence-corrected chi connectivity index (χ1v) is 5.72. The molecule has 0 saturated heterocycles. The van der Waals surface area contributed by atoms with E-state index in [0.29, 0.717) is 0 Å². The minimum absolute atomic E-state index is 0.130. The van der Waals surface area contributed by atoms with Crippen LogP contribution >= 0.6 is 0 Å². The van der Waals surface area contributed by atoms with Gasteiger partial charge in [0.15, 0.2) is 0 Å². The van der Waals surface area contributed by atoms with Crippen LogP contribution in [0.15, 0.2) is 0 Å². The molecule has 0 N–H and O–H groups in total. The van der Waals surface area contributed by atoms with Crippen LogP contribution in [0.25, 0.3) is 0 Å². The van der Waals surface area contributed by atoms with Crippen LogP contribution in [0.4, 0.5) is 0 Å². The Morgan fingerprint density at radius 3 is 2.30 bits per heavy atom. The molecule has 0 amide bonds. The second-order valence-electron chi connectivity index (χ2n) is 2.40. The van der Waals surface area contributed by atoms with Crippen LogP contribution in [0.1, 0.15) is 19.8 Å². The van der Waals surface area contributed by atoms with Crippen molar-refractivity contribution in [2.45, 2.75) is 31.7 Å². The molecule has 0 spiro atoms. The standard InChI is InChI=1S/C7H18O2Si/c1-4-5-6-10-7(8-2)9-3/h7H,4-6,10H2,1-3H3. The van der Waals surface area contributed by atoms with Gasteiger partial charge in [-0.25, -0.2) is 0 Å². The van der Waals surface area contributed by atoms with E-state index in [4.69, 9.17) is 9.47 Å². The van der Waals surface area contributed by atoms with E-state index in [2.05, 4.69) is 6.92 Å². The van der Waals surface area contributed by atoms with Crippen molar-refractivity contribution < 1.29 is 9.47 Å². The fourth-order valence-electron chi connectivity index (χ4n) is 0.893. The topological polar surface area (TPSA) is 18.5 Å². The zero-order chi connectivity index (χ0) is 7.82. The highest BCUT2D eigenvalue weighted by Crippen LogP contribution is 1.98. The molecule has 3 heteroatoms. The fraction of sp³-hybridized carbons (Fsp3) is 1.00. The lowest BCUT2D eigenvalue weighted by Gasteiger charge is -2.11. The fourth-order valence-corrected chi connectivity index (χ4v) is 2.49. The normalized spacial score (nSPS) is 12.0. The van der Waals surface area contributed by atoms with Crippen molar-refractivity contribution in [1.82, 2.24) is 0 Å². The smallest absolute Gasteiger partial charge is 0.134 e. The summed E-state index contributed by atoms with van der Waals surface area (Å²) >= 11 is 0. The van der Waals surface area contributed by atoms with Gasteiger partial charge in [0.2, 0.25) is 0 Å². The molecule has 0 atom stereocenters. The first-order valence-electron chi connectivity index (χ1n) is 3.90. The Hall–Kier alpha value is 0.137. The van der Waals surface area contributed by atoms with Crippen molar-refractivity contribution in [3.05, 3.63) is 0 Å². The molecular formula is C7H18O2Si. The van der Waals surface area contributed by atoms with E-state index in [0.717, 1.165) is 0 Å². The van der Waals surface area contributed by atoms with Gasteiger partial charge in [0, 0.05) is 14.2 Å². The minimum atomic E-state index is -0.130. The highest BCUT2D eigenvalue weighted by Gasteiger charge is 2.03. The first kappa shape index (κ1) is 10.1. The SMILES string of the molecule is CCCC[SiH2]C(OC)OC. The third-order valence-electron chi connectivity index (χ3n) is 1.57. The van der Waals surface area contributed by atoms with Gasteiger partial charge in [-0.1, -0.05) is 25.8 Å². The van der Waals surface area contributed by atoms with Crippen LogP contribution in [0.5, 0.6) is 0 Å². The number of rotatable bonds is 6. The molecule has 0 fully saturated rings. The van der Waals surface area contributed by atoms with Crippen molar-refractivity contribution >= 4 is 9.52 Å². The molecule has 0 rings (SSSR count). The second kappa shape index (κ2) is 7.25. The highest BCUT2D eigenvalue weighted by atomic mass is 28.2. The van der Waals surface area contributed by atoms with Crippen molar-refractivity contribution in [1.29, 1.82) is 0 Å². The Balaban J connectivity index is 3.09. The molecule has 10 heavy (non-hydrogen) atoms. The van der Waals surface area contributed by atoms with Crippen LogP contribution in [-0.4, -0.2) is 29.7 Å². The van der Waals surface area contributed by atoms with Gasteiger partial charge in [0.25, 0.3) is 0 Å². The van der Waals surface area contributed by atoms with Gasteiger partial charge < -0.3 is 9.47 Å². The van der Waals surface area contributed by atoms with Crippen LogP contribution < -0.4 is 0 Å². The number of ether oxygens (including phenoxy) is 2. The molecular weight excluding hydrogens is 144 g/mol. The third-order valence-corrected chi connectivity index (χ3v) is 3.62. The van der Waals surface area contributed by atoms with E-state index in [-0.39, 0.29) is 15.4 Å². The molecule has 0 aromatic rings. The molecule has 0 heterocycles. The van der Waals surface area contributed by atoms with Gasteiger partial charge >= 0.3 is 0 Å². The summed E-state index contributed by atoms with van der Waals surface area (Å²) in [6.45, 7) is 2.21. The van der Waals surface area contributed by atoms with Gasteiger partial charge in [-0.05, 0) is 0 Å². The van der Waals surface area contributed by atoms with Gasteiger partial charge in [-0.3, -0.25) is 0 Å². The molecule has 0 radical (unpaired) electrons. The van der Waals surface area contributed by atoms with E-state index in [9.17, 15) is 0 Å². The summed E-state index contributed by atoms with van der Waals surface area (Å²) in [4.78, 5) is 0. The summed E-state index contributed by atoms with van der Waals surface area (Å²) in [5.74, 6) is 0.145. The van der Waals surface area contributed by atoms with Crippen LogP contribution in [0.2, 0.25) is 6.04 Å². The predicted octanol–water partition coefficient (Wildman–Crippen LogP) is 0.950. The van der Waals surface area contributed by atoms with Crippen LogP contribution in [-0.2, 0) is 9.47 Å². The monoisotopic (exact) mass is 162 g/mol. The largest absolute Gasteiger partial charge is 0.360 e. The third kappa shape index (κ3) is 4.96. The lowest BCUT2D eigenvalue weighted by Crippen LogP contribution is -2.20. The number of unbranched alkanes of at least 4 members (excludes halogenated alkanes) is 1. The van der Waals surface area contributed by atoms with Gasteiger partial charge in [0.05, 0.1) is 9.52 Å². The molecule has 0 saturated carbocycles. The van der Waals surface area contributed by atoms with Crippen LogP contribution in [0, 0.1) is 0 Å². The van der Waals surface area contributed by atoms with E-state index in [1.54, 1.807) is 14.2 Å². The van der Waals surface area contributed by atoms with E-state index >= 15 is 0 Å². The van der Waals surface area contributed by atoms with E-state index in [1.165, 1.54) is 18.9 Å². The van der Waals surface area contributed by atoms with E-state index < -0.39 is 0 Å². The summed E-state index contributed by atoms with van der Waals surface area (Å²) in [6, 6.07) is 1.34. The highest BCUT2D eigenvalue weighted by molar-refractivity contribution is 6.36. The summed E-state index contributed by atoms with van der Waals surface area (Å²) in [6.07, 6.45) is 2.61. The maximum Gasteiger partial charge on any atom is 0.134 e. The van der Waals surface area contributed by atoms with Crippen molar-refractivity contribution in [2.24, 2.45) is 0 Å². The van der Waals surface area contributed by atoms with Gasteiger partial charge in [0.1, 0.15) is 5.91 Å². The minimum Gasteiger partial charge on any atom is -0.360 e. The molecule has 62 valence electrons. The summed E-state index contributed by atoms with van der Waals surface area (Å²) < 4.78 is 10.2. The molecule has 0 aromatic heterocycles. The number of hydrogen-bond donors (Lipinski definition) is 0. The Morgan fingerprint density at radius 2 is 1.90 bits per heavy atom. The molecule has 0 aliphatic rings. The van der Waals surface area contributed by atoms with Crippen molar-refractivity contribution in [3.63, 3.8) is 0 Å². The first-order chi connectivity index (χ1) is 4.85. The predicted molar refractivity (Wildman–Crippen MR) is 46.1 cm³/mol. The molecule has 0 aromatic carbocycles. The van der Waals surface area contributed by atoms with E-state index in [1.807, 2.05) is 0 Å². The zero-order valence-electron chi connectivity index (χ0n) is 7.22. The molecule has 2 nitrogen and oxygen atoms in total. The lowest BCUT2D eigenvalue weighted by molar-refractivity contribution is -0.0441. The average Bonchev–Trinajstić information content (AvgIpc) is 1.99. The zero-order valence-corrected chi connectivity index (χ0v) is 8.64. The molecule has 0 aliphatic carbocycles. The Morgan fingerprint density at radius 1 is 1.30 bits per heavy atom. The summed E-state index contributed by atoms with van der Waals surface area (Å²) in [5, 5.41) is 0. The molecule has 0 aliphatic heterocycles. The van der Waals surface area contributed by atoms with Crippen LogP contribution in [0.3, 0.4) is 0 Å². The molecule has 0 unspecified atom stereocenters. The summed E-state index contributed by atoms with van der Waals surface area (Å²) in [5.41, 5.74) is 0. The Labute approximate surface area is 65.7 Å². The van der Waals surface area contributed by atoms with Crippen molar-refractivity contribution in [3.8, 4) is 0 Å². The average molecular weight is 162 g/mol. The van der Waals surface area contributed by atoms with Gasteiger partial charge in [-0.15, -0.1) is 0 Å². The number of methoxy groups -OCH3 is 2. The lowest BCUT2D eigenvalue weighted by atomic mass is 10.4. The number of hydrogen-bond acceptors (Lipinski definition) is 2. The summed E-state index contributed by atoms with van der Waals surface area (Å²) in [7, 11) is 3.30. The Bertz CT molecular complexity index is 64.6. The Kier molecular flexibility index (Phi) is 7.35. The maximum absolute atomic E-state index is 5.09. The second-order valence-corrected chi connectivity index (χ2v) is 4.35. The van der Waals surface area contributed by atoms with Gasteiger partial charge in [-0.2, -0.15) is 0 Å².